The average molecular weight is 456 g/mol. The molecule has 5 heteroatoms. The van der Waals surface area contributed by atoms with E-state index in [9.17, 15) is 4.79 Å². The number of nitrogens with one attached hydrogen (secondary N) is 1. The Morgan fingerprint density at radius 1 is 0.966 bits per heavy atom. The molecule has 0 spiro atoms. The SMILES string of the molecule is CCCCCCOc1cccc(NC(=O)COc2ccc3ccccc3c2Br)c1. The molecule has 4 nitrogen and oxygen atoms in total. The van der Waals surface area contributed by atoms with Crippen molar-refractivity contribution < 1.29 is 14.3 Å². The van der Waals surface area contributed by atoms with Gasteiger partial charge in [0.25, 0.3) is 5.91 Å². The first-order chi connectivity index (χ1) is 14.2. The summed E-state index contributed by atoms with van der Waals surface area (Å²) in [5, 5.41) is 5.02. The Labute approximate surface area is 180 Å². The van der Waals surface area contributed by atoms with E-state index >= 15 is 0 Å². The summed E-state index contributed by atoms with van der Waals surface area (Å²) in [5.41, 5.74) is 0.697. The van der Waals surface area contributed by atoms with E-state index in [2.05, 4.69) is 28.2 Å². The highest BCUT2D eigenvalue weighted by atomic mass is 79.9. The van der Waals surface area contributed by atoms with Crippen molar-refractivity contribution in [3.8, 4) is 11.5 Å². The molecule has 1 amide bonds. The number of halogens is 1. The largest absolute Gasteiger partial charge is 0.494 e. The van der Waals surface area contributed by atoms with Gasteiger partial charge in [-0.05, 0) is 51.3 Å². The maximum atomic E-state index is 12.3. The Bertz CT molecular complexity index is 958. The summed E-state index contributed by atoms with van der Waals surface area (Å²) in [7, 11) is 0. The number of carbonyl (C=O) groups is 1. The van der Waals surface area contributed by atoms with Crippen LogP contribution in [0, 0.1) is 0 Å². The van der Waals surface area contributed by atoms with Gasteiger partial charge in [-0.1, -0.05) is 62.6 Å². The monoisotopic (exact) mass is 455 g/mol. The van der Waals surface area contributed by atoms with Gasteiger partial charge in [0.15, 0.2) is 6.61 Å². The van der Waals surface area contributed by atoms with Gasteiger partial charge >= 0.3 is 0 Å². The van der Waals surface area contributed by atoms with Crippen molar-refractivity contribution in [3.63, 3.8) is 0 Å². The van der Waals surface area contributed by atoms with Crippen molar-refractivity contribution in [2.24, 2.45) is 0 Å². The second-order valence-electron chi connectivity index (χ2n) is 6.87. The highest BCUT2D eigenvalue weighted by Crippen LogP contribution is 2.33. The molecule has 1 N–H and O–H groups in total. The van der Waals surface area contributed by atoms with Gasteiger partial charge in [0.05, 0.1) is 11.1 Å². The summed E-state index contributed by atoms with van der Waals surface area (Å²) < 4.78 is 12.3. The molecule has 0 fully saturated rings. The van der Waals surface area contributed by atoms with E-state index in [4.69, 9.17) is 9.47 Å². The van der Waals surface area contributed by atoms with Crippen molar-refractivity contribution in [1.82, 2.24) is 0 Å². The predicted octanol–water partition coefficient (Wildman–Crippen LogP) is 6.58. The van der Waals surface area contributed by atoms with E-state index in [0.717, 1.165) is 27.4 Å². The zero-order chi connectivity index (χ0) is 20.5. The standard InChI is InChI=1S/C24H26BrNO3/c1-2-3-4-7-15-28-20-11-8-10-19(16-20)26-23(27)17-29-22-14-13-18-9-5-6-12-21(18)24(22)25/h5-6,8-14,16H,2-4,7,15,17H2,1H3,(H,26,27). The maximum Gasteiger partial charge on any atom is 0.262 e. The second-order valence-corrected chi connectivity index (χ2v) is 7.67. The minimum atomic E-state index is -0.217. The summed E-state index contributed by atoms with van der Waals surface area (Å²) in [4.78, 5) is 12.3. The molecule has 29 heavy (non-hydrogen) atoms. The molecule has 3 aromatic rings. The lowest BCUT2D eigenvalue weighted by Gasteiger charge is -2.12. The first-order valence-electron chi connectivity index (χ1n) is 10.00. The normalized spacial score (nSPS) is 10.7. The molecule has 0 aromatic heterocycles. The zero-order valence-corrected chi connectivity index (χ0v) is 18.2. The van der Waals surface area contributed by atoms with Gasteiger partial charge < -0.3 is 14.8 Å². The zero-order valence-electron chi connectivity index (χ0n) is 16.6. The van der Waals surface area contributed by atoms with Gasteiger partial charge in [0, 0.05) is 11.8 Å². The number of amides is 1. The van der Waals surface area contributed by atoms with Crippen LogP contribution in [0.5, 0.6) is 11.5 Å². The third kappa shape index (κ3) is 6.23. The Kier molecular flexibility index (Phi) is 7.94. The van der Waals surface area contributed by atoms with E-state index in [1.54, 1.807) is 0 Å². The lowest BCUT2D eigenvalue weighted by molar-refractivity contribution is -0.118. The number of carbonyl (C=O) groups excluding carboxylic acids is 1. The Hall–Kier alpha value is -2.53. The van der Waals surface area contributed by atoms with Gasteiger partial charge in [0.1, 0.15) is 11.5 Å². The molecule has 0 unspecified atom stereocenters. The van der Waals surface area contributed by atoms with Crippen molar-refractivity contribution in [2.75, 3.05) is 18.5 Å². The lowest BCUT2D eigenvalue weighted by Crippen LogP contribution is -2.20. The quantitative estimate of drug-likeness (QED) is 0.351. The van der Waals surface area contributed by atoms with Crippen LogP contribution >= 0.6 is 15.9 Å². The highest BCUT2D eigenvalue weighted by molar-refractivity contribution is 9.10. The topological polar surface area (TPSA) is 47.6 Å². The molecular formula is C24H26BrNO3. The summed E-state index contributed by atoms with van der Waals surface area (Å²) in [6, 6.07) is 19.3. The van der Waals surface area contributed by atoms with Crippen LogP contribution in [-0.2, 0) is 4.79 Å². The number of rotatable bonds is 10. The summed E-state index contributed by atoms with van der Waals surface area (Å²) >= 11 is 3.57. The smallest absolute Gasteiger partial charge is 0.262 e. The molecule has 0 radical (unpaired) electrons. The minimum absolute atomic E-state index is 0.0704. The fourth-order valence-electron chi connectivity index (χ4n) is 3.05. The predicted molar refractivity (Wildman–Crippen MR) is 122 cm³/mol. The number of hydrogen-bond donors (Lipinski definition) is 1. The number of unbranched alkanes of at least 4 members (excludes halogenated alkanes) is 3. The summed E-state index contributed by atoms with van der Waals surface area (Å²) in [5.74, 6) is 1.19. The van der Waals surface area contributed by atoms with E-state index < -0.39 is 0 Å². The van der Waals surface area contributed by atoms with Crippen LogP contribution in [0.25, 0.3) is 10.8 Å². The van der Waals surface area contributed by atoms with E-state index in [1.807, 2.05) is 60.7 Å². The Balaban J connectivity index is 1.52. The molecule has 0 bridgehead atoms. The summed E-state index contributed by atoms with van der Waals surface area (Å²) in [6.45, 7) is 2.81. The third-order valence-corrected chi connectivity index (χ3v) is 5.39. The molecule has 152 valence electrons. The molecule has 0 saturated heterocycles. The van der Waals surface area contributed by atoms with Crippen LogP contribution in [0.2, 0.25) is 0 Å². The Morgan fingerprint density at radius 3 is 2.69 bits per heavy atom. The van der Waals surface area contributed by atoms with Crippen LogP contribution in [0.3, 0.4) is 0 Å². The van der Waals surface area contributed by atoms with Crippen molar-refractivity contribution in [3.05, 3.63) is 65.1 Å². The van der Waals surface area contributed by atoms with Gasteiger partial charge in [-0.25, -0.2) is 0 Å². The number of hydrogen-bond acceptors (Lipinski definition) is 3. The maximum absolute atomic E-state index is 12.3. The second kappa shape index (κ2) is 10.9. The van der Waals surface area contributed by atoms with Gasteiger partial charge in [0.2, 0.25) is 0 Å². The molecular weight excluding hydrogens is 430 g/mol. The molecule has 0 aliphatic heterocycles. The number of benzene rings is 3. The first-order valence-corrected chi connectivity index (χ1v) is 10.8. The molecule has 0 aliphatic carbocycles. The number of fused-ring (bicyclic) bond motifs is 1. The van der Waals surface area contributed by atoms with Crippen molar-refractivity contribution in [2.45, 2.75) is 32.6 Å². The van der Waals surface area contributed by atoms with Crippen LogP contribution in [0.15, 0.2) is 65.1 Å². The molecule has 3 rings (SSSR count). The van der Waals surface area contributed by atoms with E-state index in [-0.39, 0.29) is 12.5 Å². The number of anilines is 1. The van der Waals surface area contributed by atoms with Gasteiger partial charge in [-0.15, -0.1) is 0 Å². The van der Waals surface area contributed by atoms with E-state index in [0.29, 0.717) is 18.0 Å². The fraction of sp³-hybridized carbons (Fsp3) is 0.292. The minimum Gasteiger partial charge on any atom is -0.494 e. The van der Waals surface area contributed by atoms with Crippen LogP contribution < -0.4 is 14.8 Å². The molecule has 0 heterocycles. The lowest BCUT2D eigenvalue weighted by atomic mass is 10.1. The molecule has 3 aromatic carbocycles. The average Bonchev–Trinajstić information content (AvgIpc) is 2.74. The van der Waals surface area contributed by atoms with Gasteiger partial charge in [-0.2, -0.15) is 0 Å². The van der Waals surface area contributed by atoms with Crippen LogP contribution in [0.4, 0.5) is 5.69 Å². The van der Waals surface area contributed by atoms with Crippen molar-refractivity contribution in [1.29, 1.82) is 0 Å². The first kappa shape index (κ1) is 21.2. The van der Waals surface area contributed by atoms with E-state index in [1.165, 1.54) is 19.3 Å². The van der Waals surface area contributed by atoms with Crippen molar-refractivity contribution >= 4 is 38.3 Å². The third-order valence-electron chi connectivity index (χ3n) is 4.57. The highest BCUT2D eigenvalue weighted by Gasteiger charge is 2.09. The van der Waals surface area contributed by atoms with Gasteiger partial charge in [-0.3, -0.25) is 4.79 Å². The fourth-order valence-corrected chi connectivity index (χ4v) is 3.66. The van der Waals surface area contributed by atoms with Crippen LogP contribution in [0.1, 0.15) is 32.6 Å². The molecule has 0 saturated carbocycles. The molecule has 0 aliphatic rings. The van der Waals surface area contributed by atoms with Crippen LogP contribution in [-0.4, -0.2) is 19.1 Å². The Morgan fingerprint density at radius 2 is 1.83 bits per heavy atom. The number of ether oxygens (including phenoxy) is 2. The molecule has 0 atom stereocenters. The summed E-state index contributed by atoms with van der Waals surface area (Å²) in [6.07, 6.45) is 4.65.